The van der Waals surface area contributed by atoms with E-state index in [1.54, 1.807) is 10.7 Å². The van der Waals surface area contributed by atoms with Crippen molar-refractivity contribution in [3.63, 3.8) is 0 Å². The van der Waals surface area contributed by atoms with Gasteiger partial charge < -0.3 is 4.90 Å². The van der Waals surface area contributed by atoms with Crippen LogP contribution in [0.15, 0.2) is 23.0 Å². The van der Waals surface area contributed by atoms with E-state index in [-0.39, 0.29) is 16.9 Å². The van der Waals surface area contributed by atoms with E-state index in [2.05, 4.69) is 38.0 Å². The van der Waals surface area contributed by atoms with Crippen LogP contribution in [0.25, 0.3) is 0 Å². The van der Waals surface area contributed by atoms with Crippen molar-refractivity contribution >= 4 is 5.91 Å². The lowest BCUT2D eigenvalue weighted by atomic mass is 9.72. The summed E-state index contributed by atoms with van der Waals surface area (Å²) in [5.41, 5.74) is 0.944. The van der Waals surface area contributed by atoms with Gasteiger partial charge >= 0.3 is 0 Å². The zero-order valence-electron chi connectivity index (χ0n) is 14.8. The zero-order chi connectivity index (χ0) is 17.1. The lowest BCUT2D eigenvalue weighted by molar-refractivity contribution is -0.130. The minimum atomic E-state index is -0.0426. The van der Waals surface area contributed by atoms with Gasteiger partial charge in [-0.15, -0.1) is 0 Å². The van der Waals surface area contributed by atoms with E-state index in [0.717, 1.165) is 18.8 Å². The highest BCUT2D eigenvalue weighted by Crippen LogP contribution is 2.59. The second kappa shape index (κ2) is 5.36. The normalized spacial score (nSPS) is 33.7. The molecule has 24 heavy (non-hydrogen) atoms. The van der Waals surface area contributed by atoms with Crippen molar-refractivity contribution < 1.29 is 4.79 Å². The number of H-pyrrole nitrogens is 1. The molecule has 0 aromatic carbocycles. The number of amides is 1. The van der Waals surface area contributed by atoms with E-state index in [1.807, 2.05) is 4.90 Å². The second-order valence-corrected chi connectivity index (χ2v) is 8.58. The smallest absolute Gasteiger partial charge is 0.266 e. The summed E-state index contributed by atoms with van der Waals surface area (Å²) in [5.74, 6) is 2.44. The molecule has 0 unspecified atom stereocenters. The van der Waals surface area contributed by atoms with Gasteiger partial charge in [-0.05, 0) is 35.5 Å². The number of fused-ring (bicyclic) bond motifs is 5. The number of likely N-dealkylation sites (tertiary alicyclic amines) is 1. The van der Waals surface area contributed by atoms with Crippen molar-refractivity contribution in [3.8, 4) is 0 Å². The molecular formula is C19H27N3O2. The molecule has 5 heteroatoms. The average Bonchev–Trinajstić information content (AvgIpc) is 3.20. The molecule has 2 heterocycles. The summed E-state index contributed by atoms with van der Waals surface area (Å²) in [6.07, 6.45) is 6.29. The fourth-order valence-electron chi connectivity index (χ4n) is 5.11. The maximum absolute atomic E-state index is 12.7. The Morgan fingerprint density at radius 1 is 1.42 bits per heavy atom. The number of rotatable bonds is 4. The second-order valence-electron chi connectivity index (χ2n) is 8.58. The monoisotopic (exact) mass is 329 g/mol. The maximum Gasteiger partial charge on any atom is 0.266 e. The first-order valence-corrected chi connectivity index (χ1v) is 9.11. The van der Waals surface area contributed by atoms with Crippen LogP contribution in [0.1, 0.15) is 32.9 Å². The van der Waals surface area contributed by atoms with Gasteiger partial charge in [-0.3, -0.25) is 19.4 Å². The summed E-state index contributed by atoms with van der Waals surface area (Å²) in [7, 11) is 0. The van der Waals surface area contributed by atoms with Crippen molar-refractivity contribution in [1.29, 1.82) is 0 Å². The van der Waals surface area contributed by atoms with Crippen LogP contribution in [0.2, 0.25) is 0 Å². The number of allylic oxidation sites excluding steroid dienone is 2. The van der Waals surface area contributed by atoms with Crippen molar-refractivity contribution in [2.45, 2.75) is 40.2 Å². The maximum atomic E-state index is 12.7. The minimum Gasteiger partial charge on any atom is -0.341 e. The largest absolute Gasteiger partial charge is 0.341 e. The van der Waals surface area contributed by atoms with Crippen molar-refractivity contribution in [2.24, 2.45) is 29.1 Å². The summed E-state index contributed by atoms with van der Waals surface area (Å²) >= 11 is 0. The predicted molar refractivity (Wildman–Crippen MR) is 92.5 cm³/mol. The number of aromatic amines is 1. The molecule has 1 aliphatic heterocycles. The summed E-state index contributed by atoms with van der Waals surface area (Å²) < 4.78 is 1.61. The van der Waals surface area contributed by atoms with Crippen LogP contribution in [0.3, 0.4) is 0 Å². The number of hydrogen-bond donors (Lipinski definition) is 1. The first-order chi connectivity index (χ1) is 11.4. The fourth-order valence-corrected chi connectivity index (χ4v) is 5.11. The Morgan fingerprint density at radius 3 is 2.92 bits per heavy atom. The van der Waals surface area contributed by atoms with E-state index in [0.29, 0.717) is 36.6 Å². The van der Waals surface area contributed by atoms with Crippen LogP contribution in [0.4, 0.5) is 0 Å². The Bertz CT molecular complexity index is 744. The van der Waals surface area contributed by atoms with Gasteiger partial charge in [0.25, 0.3) is 5.56 Å². The molecule has 1 aromatic heterocycles. The quantitative estimate of drug-likeness (QED) is 0.860. The molecule has 130 valence electrons. The SMILES string of the molecule is CC(C)Cn1[nH]c(CC(=O)N2C[C@@H]3[C@@H]4C=C[C@@H](C4)[C@]3(C)C2)cc1=O. The number of nitrogens with zero attached hydrogens (tertiary/aromatic N) is 2. The van der Waals surface area contributed by atoms with Crippen molar-refractivity contribution in [2.75, 3.05) is 13.1 Å². The van der Waals surface area contributed by atoms with Crippen LogP contribution in [0.5, 0.6) is 0 Å². The van der Waals surface area contributed by atoms with E-state index >= 15 is 0 Å². The molecule has 3 aliphatic rings. The lowest BCUT2D eigenvalue weighted by Gasteiger charge is -2.31. The molecule has 0 spiro atoms. The number of nitrogens with one attached hydrogen (secondary N) is 1. The summed E-state index contributed by atoms with van der Waals surface area (Å²) in [6, 6.07) is 1.57. The summed E-state index contributed by atoms with van der Waals surface area (Å²) in [4.78, 5) is 26.7. The van der Waals surface area contributed by atoms with Gasteiger partial charge in [-0.1, -0.05) is 32.9 Å². The molecular weight excluding hydrogens is 302 g/mol. The van der Waals surface area contributed by atoms with E-state index in [4.69, 9.17) is 0 Å². The third kappa shape index (κ3) is 2.36. The highest BCUT2D eigenvalue weighted by atomic mass is 16.2. The third-order valence-electron chi connectivity index (χ3n) is 6.36. The lowest BCUT2D eigenvalue weighted by Crippen LogP contribution is -2.34. The third-order valence-corrected chi connectivity index (χ3v) is 6.36. The Morgan fingerprint density at radius 2 is 2.21 bits per heavy atom. The molecule has 1 saturated carbocycles. The fraction of sp³-hybridized carbons (Fsp3) is 0.684. The Hall–Kier alpha value is -1.78. The van der Waals surface area contributed by atoms with Crippen LogP contribution in [-0.4, -0.2) is 33.7 Å². The molecule has 2 aliphatic carbocycles. The Kier molecular flexibility index (Phi) is 3.52. The first kappa shape index (κ1) is 15.7. The van der Waals surface area contributed by atoms with Gasteiger partial charge in [-0.25, -0.2) is 0 Å². The average molecular weight is 329 g/mol. The molecule has 2 bridgehead atoms. The van der Waals surface area contributed by atoms with Gasteiger partial charge in [0.15, 0.2) is 0 Å². The van der Waals surface area contributed by atoms with Gasteiger partial charge in [0.2, 0.25) is 5.91 Å². The first-order valence-electron chi connectivity index (χ1n) is 9.11. The Balaban J connectivity index is 1.44. The van der Waals surface area contributed by atoms with E-state index < -0.39 is 0 Å². The molecule has 4 atom stereocenters. The van der Waals surface area contributed by atoms with E-state index in [1.165, 1.54) is 6.42 Å². The highest BCUT2D eigenvalue weighted by Gasteiger charge is 2.57. The Labute approximate surface area is 142 Å². The molecule has 2 fully saturated rings. The van der Waals surface area contributed by atoms with Gasteiger partial charge in [0, 0.05) is 31.4 Å². The molecule has 0 radical (unpaired) electrons. The molecule has 1 saturated heterocycles. The number of carbonyl (C=O) groups excluding carboxylic acids is 1. The topological polar surface area (TPSA) is 58.1 Å². The molecule has 1 amide bonds. The highest BCUT2D eigenvalue weighted by molar-refractivity contribution is 5.78. The number of hydrogen-bond acceptors (Lipinski definition) is 2. The molecule has 5 nitrogen and oxygen atoms in total. The van der Waals surface area contributed by atoms with E-state index in [9.17, 15) is 9.59 Å². The van der Waals surface area contributed by atoms with Crippen LogP contribution in [-0.2, 0) is 17.8 Å². The number of carbonyl (C=O) groups is 1. The standard InChI is InChI=1S/C19H27N3O2/c1-12(2)9-22-18(24)8-15(20-22)7-17(23)21-10-16-13-4-5-14(6-13)19(16,3)11-21/h4-5,8,12-14,16,20H,6-7,9-11H2,1-3H3/t13-,14+,16-,19+/m1/s1. The number of aromatic nitrogens is 2. The van der Waals surface area contributed by atoms with Crippen molar-refractivity contribution in [3.05, 3.63) is 34.3 Å². The minimum absolute atomic E-state index is 0.0426. The van der Waals surface area contributed by atoms with Crippen LogP contribution >= 0.6 is 0 Å². The summed E-state index contributed by atoms with van der Waals surface area (Å²) in [5, 5.41) is 3.10. The van der Waals surface area contributed by atoms with Gasteiger partial charge in [-0.2, -0.15) is 0 Å². The van der Waals surface area contributed by atoms with Crippen LogP contribution < -0.4 is 5.56 Å². The van der Waals surface area contributed by atoms with Gasteiger partial charge in [0.05, 0.1) is 6.42 Å². The zero-order valence-corrected chi connectivity index (χ0v) is 14.8. The van der Waals surface area contributed by atoms with Gasteiger partial charge in [0.1, 0.15) is 0 Å². The molecule has 4 rings (SSSR count). The summed E-state index contributed by atoms with van der Waals surface area (Å²) in [6.45, 7) is 8.89. The predicted octanol–water partition coefficient (Wildman–Crippen LogP) is 2.05. The molecule has 1 aromatic rings. The van der Waals surface area contributed by atoms with Crippen LogP contribution in [0, 0.1) is 29.1 Å². The van der Waals surface area contributed by atoms with Crippen molar-refractivity contribution in [1.82, 2.24) is 14.7 Å². The molecule has 1 N–H and O–H groups in total.